The van der Waals surface area contributed by atoms with Gasteiger partial charge in [0.1, 0.15) is 6.10 Å². The number of aliphatic imine (C=N–C) groups is 1. The van der Waals surface area contributed by atoms with E-state index in [-0.39, 0.29) is 6.10 Å². The quantitative estimate of drug-likeness (QED) is 0.538. The topological polar surface area (TPSA) is 73.3 Å². The molecular formula is C21H27N3O4. The molecule has 28 heavy (non-hydrogen) atoms. The van der Waals surface area contributed by atoms with Crippen LogP contribution in [0.5, 0.6) is 23.0 Å². The lowest BCUT2D eigenvalue weighted by molar-refractivity contribution is 0.174. The molecule has 2 aromatic rings. The molecule has 1 unspecified atom stereocenters. The summed E-state index contributed by atoms with van der Waals surface area (Å²) < 4.78 is 22.0. The number of nitrogens with one attached hydrogen (secondary N) is 2. The van der Waals surface area contributed by atoms with E-state index in [1.165, 1.54) is 5.56 Å². The predicted molar refractivity (Wildman–Crippen MR) is 109 cm³/mol. The van der Waals surface area contributed by atoms with E-state index < -0.39 is 0 Å². The van der Waals surface area contributed by atoms with E-state index in [0.717, 1.165) is 41.9 Å². The average molecular weight is 385 g/mol. The minimum absolute atomic E-state index is 0.0521. The van der Waals surface area contributed by atoms with Crippen LogP contribution < -0.4 is 29.6 Å². The Labute approximate surface area is 165 Å². The molecule has 0 saturated carbocycles. The summed E-state index contributed by atoms with van der Waals surface area (Å²) in [6, 6.07) is 13.6. The van der Waals surface area contributed by atoms with Gasteiger partial charge in [-0.25, -0.2) is 0 Å². The Morgan fingerprint density at radius 3 is 2.68 bits per heavy atom. The Bertz CT molecular complexity index is 810. The highest BCUT2D eigenvalue weighted by Gasteiger charge is 2.13. The molecule has 0 fully saturated rings. The molecule has 0 aromatic heterocycles. The molecular weight excluding hydrogens is 358 g/mol. The largest absolute Gasteiger partial charge is 0.493 e. The van der Waals surface area contributed by atoms with Crippen LogP contribution in [0.3, 0.4) is 0 Å². The van der Waals surface area contributed by atoms with Crippen LogP contribution in [0.15, 0.2) is 47.5 Å². The van der Waals surface area contributed by atoms with Crippen molar-refractivity contribution in [2.45, 2.75) is 19.4 Å². The molecule has 0 aliphatic carbocycles. The maximum Gasteiger partial charge on any atom is 0.231 e. The Kier molecular flexibility index (Phi) is 6.84. The van der Waals surface area contributed by atoms with Crippen LogP contribution in [0.2, 0.25) is 0 Å². The van der Waals surface area contributed by atoms with Gasteiger partial charge in [-0.15, -0.1) is 0 Å². The summed E-state index contributed by atoms with van der Waals surface area (Å²) in [4.78, 5) is 4.26. The van der Waals surface area contributed by atoms with Crippen molar-refractivity contribution in [2.24, 2.45) is 4.99 Å². The third-order valence-electron chi connectivity index (χ3n) is 4.32. The SMILES string of the molecule is CN=C(NCCc1ccc2c(c1)OCO2)NCC(C)Oc1ccccc1OC. The molecule has 2 aromatic carbocycles. The molecule has 1 aliphatic rings. The van der Waals surface area contributed by atoms with Crippen LogP contribution in [0.25, 0.3) is 0 Å². The van der Waals surface area contributed by atoms with Crippen molar-refractivity contribution in [2.75, 3.05) is 34.0 Å². The van der Waals surface area contributed by atoms with E-state index in [1.807, 2.05) is 43.3 Å². The number of benzene rings is 2. The highest BCUT2D eigenvalue weighted by atomic mass is 16.7. The standard InChI is InChI=1S/C21H27N3O4/c1-15(28-19-7-5-4-6-17(19)25-3)13-24-21(22-2)23-11-10-16-8-9-18-20(12-16)27-14-26-18/h4-9,12,15H,10-11,13-14H2,1-3H3,(H2,22,23,24). The smallest absolute Gasteiger partial charge is 0.231 e. The van der Waals surface area contributed by atoms with Crippen LogP contribution in [0.1, 0.15) is 12.5 Å². The fraction of sp³-hybridized carbons (Fsp3) is 0.381. The Hall–Kier alpha value is -3.09. The molecule has 7 heteroatoms. The van der Waals surface area contributed by atoms with Gasteiger partial charge < -0.3 is 29.6 Å². The van der Waals surface area contributed by atoms with Crippen molar-refractivity contribution in [1.29, 1.82) is 0 Å². The highest BCUT2D eigenvalue weighted by molar-refractivity contribution is 5.79. The molecule has 0 bridgehead atoms. The van der Waals surface area contributed by atoms with E-state index in [4.69, 9.17) is 18.9 Å². The first-order valence-electron chi connectivity index (χ1n) is 9.32. The summed E-state index contributed by atoms with van der Waals surface area (Å²) in [5, 5.41) is 6.60. The first kappa shape index (κ1) is 19.7. The molecule has 0 spiro atoms. The Morgan fingerprint density at radius 1 is 1.11 bits per heavy atom. The Morgan fingerprint density at radius 2 is 1.89 bits per heavy atom. The summed E-state index contributed by atoms with van der Waals surface area (Å²) in [6.45, 7) is 3.66. The van der Waals surface area contributed by atoms with Crippen LogP contribution in [-0.2, 0) is 6.42 Å². The van der Waals surface area contributed by atoms with Crippen LogP contribution in [-0.4, -0.2) is 46.1 Å². The lowest BCUT2D eigenvalue weighted by Gasteiger charge is -2.19. The number of hydrogen-bond donors (Lipinski definition) is 2. The van der Waals surface area contributed by atoms with Crippen molar-refractivity contribution < 1.29 is 18.9 Å². The lowest BCUT2D eigenvalue weighted by Crippen LogP contribution is -2.42. The molecule has 0 amide bonds. The summed E-state index contributed by atoms with van der Waals surface area (Å²) in [7, 11) is 3.39. The molecule has 3 rings (SSSR count). The van der Waals surface area contributed by atoms with Crippen molar-refractivity contribution >= 4 is 5.96 Å². The van der Waals surface area contributed by atoms with Gasteiger partial charge in [-0.3, -0.25) is 4.99 Å². The fourth-order valence-electron chi connectivity index (χ4n) is 2.86. The minimum Gasteiger partial charge on any atom is -0.493 e. The molecule has 150 valence electrons. The molecule has 7 nitrogen and oxygen atoms in total. The normalized spacial score (nSPS) is 13.8. The third kappa shape index (κ3) is 5.22. The zero-order valence-corrected chi connectivity index (χ0v) is 16.5. The van der Waals surface area contributed by atoms with E-state index >= 15 is 0 Å². The number of methoxy groups -OCH3 is 1. The maximum absolute atomic E-state index is 5.95. The molecule has 1 heterocycles. The fourth-order valence-corrected chi connectivity index (χ4v) is 2.86. The summed E-state index contributed by atoms with van der Waals surface area (Å²) in [6.07, 6.45) is 0.800. The second-order valence-corrected chi connectivity index (χ2v) is 6.40. The lowest BCUT2D eigenvalue weighted by atomic mass is 10.1. The van der Waals surface area contributed by atoms with E-state index in [1.54, 1.807) is 14.2 Å². The van der Waals surface area contributed by atoms with Gasteiger partial charge in [0.2, 0.25) is 6.79 Å². The van der Waals surface area contributed by atoms with Crippen molar-refractivity contribution in [1.82, 2.24) is 10.6 Å². The summed E-state index contributed by atoms with van der Waals surface area (Å²) in [5.41, 5.74) is 1.18. The number of fused-ring (bicyclic) bond motifs is 1. The van der Waals surface area contributed by atoms with E-state index in [9.17, 15) is 0 Å². The van der Waals surface area contributed by atoms with Crippen molar-refractivity contribution in [3.63, 3.8) is 0 Å². The second-order valence-electron chi connectivity index (χ2n) is 6.40. The van der Waals surface area contributed by atoms with Gasteiger partial charge in [-0.2, -0.15) is 0 Å². The number of guanidine groups is 1. The van der Waals surface area contributed by atoms with Crippen LogP contribution in [0, 0.1) is 0 Å². The molecule has 0 saturated heterocycles. The van der Waals surface area contributed by atoms with Gasteiger partial charge in [0.05, 0.1) is 13.7 Å². The zero-order valence-electron chi connectivity index (χ0n) is 16.5. The average Bonchev–Trinajstić information content (AvgIpc) is 3.19. The van der Waals surface area contributed by atoms with Crippen molar-refractivity contribution in [3.8, 4) is 23.0 Å². The maximum atomic E-state index is 5.95. The van der Waals surface area contributed by atoms with Gasteiger partial charge in [-0.1, -0.05) is 18.2 Å². The van der Waals surface area contributed by atoms with E-state index in [2.05, 4.69) is 21.7 Å². The van der Waals surface area contributed by atoms with Gasteiger partial charge >= 0.3 is 0 Å². The van der Waals surface area contributed by atoms with Gasteiger partial charge in [0, 0.05) is 13.6 Å². The number of para-hydroxylation sites is 2. The predicted octanol–water partition coefficient (Wildman–Crippen LogP) is 2.60. The number of rotatable bonds is 8. The Balaban J connectivity index is 1.42. The first-order chi connectivity index (χ1) is 13.7. The molecule has 2 N–H and O–H groups in total. The number of hydrogen-bond acceptors (Lipinski definition) is 5. The molecule has 1 aliphatic heterocycles. The van der Waals surface area contributed by atoms with Crippen LogP contribution >= 0.6 is 0 Å². The van der Waals surface area contributed by atoms with Gasteiger partial charge in [0.15, 0.2) is 29.0 Å². The highest BCUT2D eigenvalue weighted by Crippen LogP contribution is 2.32. The van der Waals surface area contributed by atoms with Gasteiger partial charge in [0.25, 0.3) is 0 Å². The van der Waals surface area contributed by atoms with Gasteiger partial charge in [-0.05, 0) is 43.2 Å². The number of nitrogens with zero attached hydrogens (tertiary/aromatic N) is 1. The number of ether oxygens (including phenoxy) is 4. The zero-order chi connectivity index (χ0) is 19.8. The monoisotopic (exact) mass is 385 g/mol. The van der Waals surface area contributed by atoms with Crippen LogP contribution in [0.4, 0.5) is 0 Å². The molecule has 0 radical (unpaired) electrons. The third-order valence-corrected chi connectivity index (χ3v) is 4.32. The second kappa shape index (κ2) is 9.73. The molecule has 1 atom stereocenters. The first-order valence-corrected chi connectivity index (χ1v) is 9.32. The summed E-state index contributed by atoms with van der Waals surface area (Å²) >= 11 is 0. The van der Waals surface area contributed by atoms with E-state index in [0.29, 0.717) is 13.3 Å². The minimum atomic E-state index is -0.0521. The summed E-state index contributed by atoms with van der Waals surface area (Å²) in [5.74, 6) is 3.79. The van der Waals surface area contributed by atoms with Crippen molar-refractivity contribution in [3.05, 3.63) is 48.0 Å².